The molecule has 0 fully saturated rings. The van der Waals surface area contributed by atoms with Crippen LogP contribution >= 0.6 is 0 Å². The summed E-state index contributed by atoms with van der Waals surface area (Å²) >= 11 is 0. The Morgan fingerprint density at radius 1 is 1.07 bits per heavy atom. The Bertz CT molecular complexity index is 104. The van der Waals surface area contributed by atoms with Crippen LogP contribution in [0.2, 0.25) is 0 Å². The standard InChI is InChI=1S/C10H23NO2.H2O/c1-5-12-10(13-6-2)8-7-9-11(3)4;/h10H,5-9H2,1-4H3;1H2. The molecule has 0 spiro atoms. The molecule has 88 valence electrons. The van der Waals surface area contributed by atoms with E-state index in [1.54, 1.807) is 0 Å². The summed E-state index contributed by atoms with van der Waals surface area (Å²) < 4.78 is 10.8. The number of ether oxygens (including phenoxy) is 2. The molecule has 0 amide bonds. The first-order chi connectivity index (χ1) is 6.20. The van der Waals surface area contributed by atoms with Crippen molar-refractivity contribution < 1.29 is 14.9 Å². The van der Waals surface area contributed by atoms with Crippen molar-refractivity contribution in [3.8, 4) is 0 Å². The van der Waals surface area contributed by atoms with Crippen LogP contribution in [0.3, 0.4) is 0 Å². The Morgan fingerprint density at radius 2 is 1.57 bits per heavy atom. The van der Waals surface area contributed by atoms with Crippen molar-refractivity contribution in [2.45, 2.75) is 33.0 Å². The van der Waals surface area contributed by atoms with Gasteiger partial charge in [0.25, 0.3) is 0 Å². The van der Waals surface area contributed by atoms with Gasteiger partial charge in [0.1, 0.15) is 0 Å². The van der Waals surface area contributed by atoms with Gasteiger partial charge in [-0.2, -0.15) is 0 Å². The molecule has 4 nitrogen and oxygen atoms in total. The normalized spacial score (nSPS) is 10.7. The summed E-state index contributed by atoms with van der Waals surface area (Å²) in [5.74, 6) is 0. The average Bonchev–Trinajstić information content (AvgIpc) is 2.04. The number of hydrogen-bond donors (Lipinski definition) is 0. The molecule has 0 radical (unpaired) electrons. The molecular formula is C10H25NO3. The predicted molar refractivity (Wildman–Crippen MR) is 58.4 cm³/mol. The largest absolute Gasteiger partial charge is 0.412 e. The van der Waals surface area contributed by atoms with Crippen molar-refractivity contribution >= 4 is 0 Å². The molecule has 2 N–H and O–H groups in total. The van der Waals surface area contributed by atoms with Crippen LogP contribution in [0.4, 0.5) is 0 Å². The molecule has 0 aliphatic carbocycles. The van der Waals surface area contributed by atoms with Crippen molar-refractivity contribution in [3.05, 3.63) is 0 Å². The van der Waals surface area contributed by atoms with Crippen LogP contribution in [0, 0.1) is 0 Å². The van der Waals surface area contributed by atoms with E-state index in [9.17, 15) is 0 Å². The fourth-order valence-corrected chi connectivity index (χ4v) is 1.16. The molecule has 0 atom stereocenters. The summed E-state index contributed by atoms with van der Waals surface area (Å²) in [5, 5.41) is 0. The maximum absolute atomic E-state index is 5.42. The molecule has 0 aromatic heterocycles. The fraction of sp³-hybridized carbons (Fsp3) is 1.00. The van der Waals surface area contributed by atoms with Gasteiger partial charge in [-0.15, -0.1) is 0 Å². The minimum atomic E-state index is -0.00468. The molecule has 0 aromatic carbocycles. The lowest BCUT2D eigenvalue weighted by molar-refractivity contribution is -0.140. The third-order valence-corrected chi connectivity index (χ3v) is 1.75. The number of nitrogens with zero attached hydrogens (tertiary/aromatic N) is 1. The van der Waals surface area contributed by atoms with E-state index in [2.05, 4.69) is 19.0 Å². The Hall–Kier alpha value is -0.160. The monoisotopic (exact) mass is 207 g/mol. The van der Waals surface area contributed by atoms with E-state index in [1.165, 1.54) is 0 Å². The van der Waals surface area contributed by atoms with E-state index in [0.717, 1.165) is 32.6 Å². The molecule has 4 heteroatoms. The van der Waals surface area contributed by atoms with Crippen molar-refractivity contribution in [2.24, 2.45) is 0 Å². The Morgan fingerprint density at radius 3 is 1.93 bits per heavy atom. The molecule has 0 rings (SSSR count). The first-order valence-electron chi connectivity index (χ1n) is 5.08. The van der Waals surface area contributed by atoms with E-state index in [1.807, 2.05) is 13.8 Å². The minimum absolute atomic E-state index is 0. The van der Waals surface area contributed by atoms with Gasteiger partial charge in [0.2, 0.25) is 0 Å². The third-order valence-electron chi connectivity index (χ3n) is 1.75. The first-order valence-corrected chi connectivity index (χ1v) is 5.08. The lowest BCUT2D eigenvalue weighted by Gasteiger charge is -2.17. The van der Waals surface area contributed by atoms with E-state index < -0.39 is 0 Å². The van der Waals surface area contributed by atoms with Crippen LogP contribution in [-0.2, 0) is 9.47 Å². The molecule has 0 heterocycles. The van der Waals surface area contributed by atoms with E-state index in [0.29, 0.717) is 0 Å². The third kappa shape index (κ3) is 9.92. The van der Waals surface area contributed by atoms with Crippen molar-refractivity contribution in [1.29, 1.82) is 0 Å². The highest BCUT2D eigenvalue weighted by atomic mass is 16.7. The van der Waals surface area contributed by atoms with Crippen LogP contribution in [-0.4, -0.2) is 50.5 Å². The molecule has 0 bridgehead atoms. The van der Waals surface area contributed by atoms with Gasteiger partial charge in [0, 0.05) is 13.2 Å². The second kappa shape index (κ2) is 10.9. The van der Waals surface area contributed by atoms with E-state index >= 15 is 0 Å². The van der Waals surface area contributed by atoms with Crippen LogP contribution in [0.5, 0.6) is 0 Å². The van der Waals surface area contributed by atoms with E-state index in [4.69, 9.17) is 9.47 Å². The molecular weight excluding hydrogens is 182 g/mol. The van der Waals surface area contributed by atoms with Crippen molar-refractivity contribution in [3.63, 3.8) is 0 Å². The Kier molecular flexibility index (Phi) is 12.7. The molecule has 0 aromatic rings. The average molecular weight is 207 g/mol. The first kappa shape index (κ1) is 16.3. The molecule has 0 saturated carbocycles. The summed E-state index contributed by atoms with van der Waals surface area (Å²) in [6.45, 7) is 6.55. The summed E-state index contributed by atoms with van der Waals surface area (Å²) in [7, 11) is 4.16. The van der Waals surface area contributed by atoms with Crippen molar-refractivity contribution in [1.82, 2.24) is 4.90 Å². The zero-order chi connectivity index (χ0) is 10.1. The van der Waals surface area contributed by atoms with Crippen molar-refractivity contribution in [2.75, 3.05) is 33.9 Å². The molecule has 14 heavy (non-hydrogen) atoms. The zero-order valence-corrected chi connectivity index (χ0v) is 9.88. The van der Waals surface area contributed by atoms with Gasteiger partial charge in [-0.1, -0.05) is 0 Å². The predicted octanol–water partition coefficient (Wildman–Crippen LogP) is 0.903. The highest BCUT2D eigenvalue weighted by molar-refractivity contribution is 4.49. The quantitative estimate of drug-likeness (QED) is 0.556. The fourth-order valence-electron chi connectivity index (χ4n) is 1.16. The van der Waals surface area contributed by atoms with Crippen LogP contribution in [0.1, 0.15) is 26.7 Å². The summed E-state index contributed by atoms with van der Waals surface area (Å²) in [6.07, 6.45) is 2.10. The summed E-state index contributed by atoms with van der Waals surface area (Å²) in [5.41, 5.74) is 0. The van der Waals surface area contributed by atoms with Gasteiger partial charge >= 0.3 is 0 Å². The molecule has 0 aliphatic rings. The minimum Gasteiger partial charge on any atom is -0.412 e. The second-order valence-corrected chi connectivity index (χ2v) is 3.29. The smallest absolute Gasteiger partial charge is 0.157 e. The second-order valence-electron chi connectivity index (χ2n) is 3.29. The van der Waals surface area contributed by atoms with Gasteiger partial charge in [-0.3, -0.25) is 0 Å². The van der Waals surface area contributed by atoms with Gasteiger partial charge in [0.05, 0.1) is 0 Å². The lowest BCUT2D eigenvalue weighted by atomic mass is 10.3. The molecule has 0 unspecified atom stereocenters. The maximum atomic E-state index is 5.42. The topological polar surface area (TPSA) is 53.2 Å². The lowest BCUT2D eigenvalue weighted by Crippen LogP contribution is -2.20. The zero-order valence-electron chi connectivity index (χ0n) is 9.88. The summed E-state index contributed by atoms with van der Waals surface area (Å²) in [6, 6.07) is 0. The highest BCUT2D eigenvalue weighted by Gasteiger charge is 2.06. The maximum Gasteiger partial charge on any atom is 0.157 e. The highest BCUT2D eigenvalue weighted by Crippen LogP contribution is 2.04. The molecule has 0 aliphatic heterocycles. The van der Waals surface area contributed by atoms with Crippen LogP contribution in [0.15, 0.2) is 0 Å². The van der Waals surface area contributed by atoms with Crippen LogP contribution in [0.25, 0.3) is 0 Å². The van der Waals surface area contributed by atoms with Gasteiger partial charge in [0.15, 0.2) is 6.29 Å². The van der Waals surface area contributed by atoms with Gasteiger partial charge in [-0.25, -0.2) is 0 Å². The van der Waals surface area contributed by atoms with Crippen LogP contribution < -0.4 is 0 Å². The number of hydrogen-bond acceptors (Lipinski definition) is 3. The van der Waals surface area contributed by atoms with Gasteiger partial charge in [-0.05, 0) is 47.3 Å². The van der Waals surface area contributed by atoms with Gasteiger partial charge < -0.3 is 19.8 Å². The van der Waals surface area contributed by atoms with E-state index in [-0.39, 0.29) is 11.8 Å². The Balaban J connectivity index is 0. The Labute approximate surface area is 87.5 Å². The number of rotatable bonds is 8. The molecule has 0 saturated heterocycles. The SMILES string of the molecule is CCOC(CCCN(C)C)OCC.O. The summed E-state index contributed by atoms with van der Waals surface area (Å²) in [4.78, 5) is 2.18.